The van der Waals surface area contributed by atoms with Gasteiger partial charge in [-0.05, 0) is 92.0 Å². The molecule has 11 rings (SSSR count). The smallest absolute Gasteiger partial charge is 0.0714 e. The monoisotopic (exact) mass is 676 g/mol. The van der Waals surface area contributed by atoms with Crippen LogP contribution < -0.4 is 5.32 Å². The van der Waals surface area contributed by atoms with Crippen LogP contribution in [-0.2, 0) is 5.41 Å². The van der Waals surface area contributed by atoms with Gasteiger partial charge in [-0.3, -0.25) is 5.32 Å². The molecule has 2 atom stereocenters. The zero-order valence-corrected chi connectivity index (χ0v) is 29.2. The fraction of sp³-hybridized carbons (Fsp3) is 0.0588. The van der Waals surface area contributed by atoms with Crippen molar-refractivity contribution >= 4 is 21.8 Å². The molecule has 2 heterocycles. The average Bonchev–Trinajstić information content (AvgIpc) is 3.91. The molecule has 2 aliphatic rings. The second-order valence-electron chi connectivity index (χ2n) is 14.5. The van der Waals surface area contributed by atoms with Crippen molar-refractivity contribution in [3.05, 3.63) is 234 Å². The van der Waals surface area contributed by atoms with Gasteiger partial charge in [-0.25, -0.2) is 0 Å². The largest absolute Gasteiger partial charge is 0.309 e. The fourth-order valence-electron chi connectivity index (χ4n) is 9.27. The van der Waals surface area contributed by atoms with E-state index in [1.807, 2.05) is 0 Å². The van der Waals surface area contributed by atoms with E-state index in [4.69, 9.17) is 0 Å². The summed E-state index contributed by atoms with van der Waals surface area (Å²) in [6, 6.07) is 74.6. The maximum Gasteiger partial charge on any atom is 0.0714 e. The van der Waals surface area contributed by atoms with Crippen LogP contribution in [0.2, 0.25) is 0 Å². The molecule has 1 unspecified atom stereocenters. The molecule has 2 heteroatoms. The standard InChI is InChI=1S/C51H36N2/c1-5-16-34(17-6-1)36-28-29-47-43(31-36)44-32-42-41-26-13-14-27-45(41)51(38-21-9-3-10-22-38,39-23-11-4-12-24-39)46(42)33-48(44)53(47)40-25-15-20-37(30-40)50-49(52-50)35-18-7-2-8-19-35/h1-33,49-50,52H/t49?,50-/m1/s1. The van der Waals surface area contributed by atoms with E-state index in [0.717, 1.165) is 0 Å². The van der Waals surface area contributed by atoms with Crippen LogP contribution in [0.1, 0.15) is 45.5 Å². The summed E-state index contributed by atoms with van der Waals surface area (Å²) < 4.78 is 2.51. The van der Waals surface area contributed by atoms with Gasteiger partial charge in [0.1, 0.15) is 0 Å². The normalized spacial score (nSPS) is 16.8. The predicted molar refractivity (Wildman–Crippen MR) is 219 cm³/mol. The highest BCUT2D eigenvalue weighted by atomic mass is 15.1. The Bertz CT molecular complexity index is 2760. The molecule has 1 fully saturated rings. The van der Waals surface area contributed by atoms with Crippen molar-refractivity contribution in [2.45, 2.75) is 17.5 Å². The number of nitrogens with one attached hydrogen (secondary N) is 1. The first-order chi connectivity index (χ1) is 26.3. The number of nitrogens with zero attached hydrogens (tertiary/aromatic N) is 1. The van der Waals surface area contributed by atoms with Crippen molar-refractivity contribution in [3.8, 4) is 27.9 Å². The van der Waals surface area contributed by atoms with Crippen LogP contribution in [0.3, 0.4) is 0 Å². The summed E-state index contributed by atoms with van der Waals surface area (Å²) in [5, 5.41) is 6.28. The zero-order chi connectivity index (χ0) is 34.9. The predicted octanol–water partition coefficient (Wildman–Crippen LogP) is 12.2. The Kier molecular flexibility index (Phi) is 6.71. The van der Waals surface area contributed by atoms with E-state index in [0.29, 0.717) is 6.04 Å². The van der Waals surface area contributed by atoms with Crippen molar-refractivity contribution in [2.24, 2.45) is 0 Å². The molecular weight excluding hydrogens is 641 g/mol. The molecule has 9 aromatic rings. The van der Waals surface area contributed by atoms with E-state index >= 15 is 0 Å². The summed E-state index contributed by atoms with van der Waals surface area (Å²) in [5.74, 6) is 0. The maximum atomic E-state index is 3.76. The molecule has 0 amide bonds. The molecule has 1 N–H and O–H groups in total. The third-order valence-electron chi connectivity index (χ3n) is 11.7. The molecule has 1 saturated heterocycles. The Hall–Kier alpha value is -6.48. The maximum absolute atomic E-state index is 3.76. The van der Waals surface area contributed by atoms with E-state index in [1.54, 1.807) is 0 Å². The molecule has 250 valence electrons. The van der Waals surface area contributed by atoms with Crippen LogP contribution in [-0.4, -0.2) is 4.57 Å². The summed E-state index contributed by atoms with van der Waals surface area (Å²) in [7, 11) is 0. The number of hydrogen-bond acceptors (Lipinski definition) is 1. The van der Waals surface area contributed by atoms with Crippen LogP contribution in [0.25, 0.3) is 49.7 Å². The van der Waals surface area contributed by atoms with Gasteiger partial charge in [-0.1, -0.05) is 164 Å². The van der Waals surface area contributed by atoms with Crippen molar-refractivity contribution in [3.63, 3.8) is 0 Å². The summed E-state index contributed by atoms with van der Waals surface area (Å²) in [4.78, 5) is 0. The first kappa shape index (κ1) is 30.2. The summed E-state index contributed by atoms with van der Waals surface area (Å²) in [6.07, 6.45) is 0. The summed E-state index contributed by atoms with van der Waals surface area (Å²) in [6.45, 7) is 0. The lowest BCUT2D eigenvalue weighted by atomic mass is 9.67. The molecule has 0 spiro atoms. The topological polar surface area (TPSA) is 26.9 Å². The van der Waals surface area contributed by atoms with E-state index in [-0.39, 0.29) is 6.04 Å². The minimum atomic E-state index is -0.470. The van der Waals surface area contributed by atoms with Crippen LogP contribution in [0.4, 0.5) is 0 Å². The summed E-state index contributed by atoms with van der Waals surface area (Å²) >= 11 is 0. The number of fused-ring (bicyclic) bond motifs is 6. The molecule has 0 saturated carbocycles. The van der Waals surface area contributed by atoms with E-state index < -0.39 is 5.41 Å². The quantitative estimate of drug-likeness (QED) is 0.174. The molecule has 1 aromatic heterocycles. The zero-order valence-electron chi connectivity index (χ0n) is 29.2. The molecule has 1 aliphatic heterocycles. The van der Waals surface area contributed by atoms with Gasteiger partial charge in [0.15, 0.2) is 0 Å². The van der Waals surface area contributed by atoms with E-state index in [9.17, 15) is 0 Å². The van der Waals surface area contributed by atoms with Gasteiger partial charge in [0.2, 0.25) is 0 Å². The van der Waals surface area contributed by atoms with Crippen LogP contribution in [0, 0.1) is 0 Å². The van der Waals surface area contributed by atoms with Gasteiger partial charge in [-0.2, -0.15) is 0 Å². The second-order valence-corrected chi connectivity index (χ2v) is 14.5. The minimum Gasteiger partial charge on any atom is -0.309 e. The molecule has 0 bridgehead atoms. The van der Waals surface area contributed by atoms with Crippen LogP contribution in [0.5, 0.6) is 0 Å². The van der Waals surface area contributed by atoms with Gasteiger partial charge in [-0.15, -0.1) is 0 Å². The number of benzene rings is 8. The molecular formula is C51H36N2. The Morgan fingerprint density at radius 1 is 0.396 bits per heavy atom. The van der Waals surface area contributed by atoms with Crippen molar-refractivity contribution < 1.29 is 0 Å². The first-order valence-corrected chi connectivity index (χ1v) is 18.6. The number of rotatable bonds is 6. The minimum absolute atomic E-state index is 0.290. The lowest BCUT2D eigenvalue weighted by Crippen LogP contribution is -2.28. The lowest BCUT2D eigenvalue weighted by molar-refractivity contribution is 0.769. The fourth-order valence-corrected chi connectivity index (χ4v) is 9.27. The van der Waals surface area contributed by atoms with Crippen LogP contribution in [0.15, 0.2) is 200 Å². The van der Waals surface area contributed by atoms with E-state index in [2.05, 4.69) is 210 Å². The number of hydrogen-bond donors (Lipinski definition) is 1. The second kappa shape index (κ2) is 11.8. The van der Waals surface area contributed by atoms with Gasteiger partial charge in [0.25, 0.3) is 0 Å². The highest BCUT2D eigenvalue weighted by molar-refractivity contribution is 6.13. The Morgan fingerprint density at radius 2 is 1.00 bits per heavy atom. The van der Waals surface area contributed by atoms with Crippen molar-refractivity contribution in [1.82, 2.24) is 9.88 Å². The van der Waals surface area contributed by atoms with Gasteiger partial charge in [0.05, 0.1) is 28.5 Å². The van der Waals surface area contributed by atoms with E-state index in [1.165, 1.54) is 83.1 Å². The van der Waals surface area contributed by atoms with Crippen molar-refractivity contribution in [2.75, 3.05) is 0 Å². The highest BCUT2D eigenvalue weighted by Crippen LogP contribution is 2.57. The Morgan fingerprint density at radius 3 is 1.74 bits per heavy atom. The third kappa shape index (κ3) is 4.56. The number of aromatic nitrogens is 1. The first-order valence-electron chi connectivity index (χ1n) is 18.6. The van der Waals surface area contributed by atoms with Gasteiger partial charge in [0, 0.05) is 16.5 Å². The Labute approximate surface area is 309 Å². The molecule has 0 radical (unpaired) electrons. The summed E-state index contributed by atoms with van der Waals surface area (Å²) in [5.41, 5.74) is 16.0. The molecule has 1 aliphatic carbocycles. The molecule has 2 nitrogen and oxygen atoms in total. The molecule has 8 aromatic carbocycles. The average molecular weight is 677 g/mol. The lowest BCUT2D eigenvalue weighted by Gasteiger charge is -2.34. The Balaban J connectivity index is 1.20. The SMILES string of the molecule is c1ccc(-c2ccc3c(c2)c2cc4c(cc2n3-c2cccc([C@H]3NC3c3ccccc3)c2)C(c2ccccc2)(c2ccccc2)c2ccccc2-4)cc1. The molecule has 53 heavy (non-hydrogen) atoms. The van der Waals surface area contributed by atoms with Crippen LogP contribution >= 0.6 is 0 Å². The third-order valence-corrected chi connectivity index (χ3v) is 11.7. The van der Waals surface area contributed by atoms with Crippen molar-refractivity contribution in [1.29, 1.82) is 0 Å². The van der Waals surface area contributed by atoms with Gasteiger partial charge >= 0.3 is 0 Å². The van der Waals surface area contributed by atoms with Gasteiger partial charge < -0.3 is 4.57 Å². The highest BCUT2D eigenvalue weighted by Gasteiger charge is 2.46.